The van der Waals surface area contributed by atoms with E-state index in [0.29, 0.717) is 36.1 Å². The van der Waals surface area contributed by atoms with E-state index in [1.807, 2.05) is 26.0 Å². The minimum Gasteiger partial charge on any atom is -0.494 e. The van der Waals surface area contributed by atoms with Crippen molar-refractivity contribution >= 4 is 0 Å². The molecule has 0 aliphatic carbocycles. The van der Waals surface area contributed by atoms with Gasteiger partial charge in [0, 0.05) is 13.5 Å². The van der Waals surface area contributed by atoms with Gasteiger partial charge >= 0.3 is 0 Å². The Balaban J connectivity index is 1.73. The molecule has 0 saturated heterocycles. The molecule has 1 heterocycles. The fourth-order valence-corrected chi connectivity index (χ4v) is 1.92. The van der Waals surface area contributed by atoms with E-state index in [2.05, 4.69) is 16.2 Å². The number of aryl methyl sites for hydroxylation is 1. The quantitative estimate of drug-likeness (QED) is 0.696. The summed E-state index contributed by atoms with van der Waals surface area (Å²) in [5.41, 5.74) is 0.0537. The molecule has 6 heteroatoms. The Morgan fingerprint density at radius 1 is 1.30 bits per heavy atom. The maximum Gasteiger partial charge on any atom is 0.226 e. The highest BCUT2D eigenvalue weighted by Crippen LogP contribution is 2.20. The number of nitrogens with zero attached hydrogens (tertiary/aromatic N) is 3. The van der Waals surface area contributed by atoms with Gasteiger partial charge in [0.15, 0.2) is 0 Å². The van der Waals surface area contributed by atoms with Crippen LogP contribution in [0.4, 0.5) is 0 Å². The van der Waals surface area contributed by atoms with Crippen LogP contribution in [0, 0.1) is 11.3 Å². The van der Waals surface area contributed by atoms with Crippen molar-refractivity contribution in [2.24, 2.45) is 0 Å². The highest BCUT2D eigenvalue weighted by atomic mass is 16.5. The number of aromatic nitrogens is 2. The number of nitriles is 1. The summed E-state index contributed by atoms with van der Waals surface area (Å²) in [7, 11) is 1.62. The maximum absolute atomic E-state index is 8.84. The van der Waals surface area contributed by atoms with Crippen LogP contribution in [-0.4, -0.2) is 23.9 Å². The number of benzene rings is 1. The van der Waals surface area contributed by atoms with E-state index in [1.54, 1.807) is 19.2 Å². The predicted octanol–water partition coefficient (Wildman–Crippen LogP) is 3.22. The average molecular weight is 315 g/mol. The minimum absolute atomic E-state index is 0.545. The van der Waals surface area contributed by atoms with Gasteiger partial charge in [-0.15, -0.1) is 0 Å². The van der Waals surface area contributed by atoms with Crippen molar-refractivity contribution < 1.29 is 14.0 Å². The summed E-state index contributed by atoms with van der Waals surface area (Å²) in [6, 6.07) is 9.23. The number of rotatable bonds is 8. The molecule has 1 aromatic carbocycles. The van der Waals surface area contributed by atoms with Crippen LogP contribution in [0.1, 0.15) is 44.0 Å². The van der Waals surface area contributed by atoms with E-state index >= 15 is 0 Å². The van der Waals surface area contributed by atoms with Gasteiger partial charge in [0.05, 0.1) is 18.2 Å². The first-order chi connectivity index (χ1) is 11.0. The molecule has 2 rings (SSSR count). The van der Waals surface area contributed by atoms with Crippen LogP contribution in [0.5, 0.6) is 5.75 Å². The molecule has 1 aromatic heterocycles. The van der Waals surface area contributed by atoms with E-state index in [9.17, 15) is 0 Å². The largest absolute Gasteiger partial charge is 0.494 e. The maximum atomic E-state index is 8.84. The predicted molar refractivity (Wildman–Crippen MR) is 83.9 cm³/mol. The third-order valence-corrected chi connectivity index (χ3v) is 3.53. The second-order valence-corrected chi connectivity index (χ2v) is 5.67. The van der Waals surface area contributed by atoms with Gasteiger partial charge in [-0.1, -0.05) is 11.2 Å². The SMILES string of the molecule is COC(C)(C)c1noc(CCCCOc2cccc(C#N)c2)n1. The van der Waals surface area contributed by atoms with Gasteiger partial charge in [0.1, 0.15) is 11.4 Å². The smallest absolute Gasteiger partial charge is 0.226 e. The average Bonchev–Trinajstić information content (AvgIpc) is 3.04. The molecule has 0 amide bonds. The highest BCUT2D eigenvalue weighted by Gasteiger charge is 2.25. The van der Waals surface area contributed by atoms with Gasteiger partial charge in [-0.2, -0.15) is 10.2 Å². The number of hydrogen-bond acceptors (Lipinski definition) is 6. The third-order valence-electron chi connectivity index (χ3n) is 3.53. The summed E-state index contributed by atoms with van der Waals surface area (Å²) in [6.07, 6.45) is 2.45. The van der Waals surface area contributed by atoms with Crippen molar-refractivity contribution in [3.05, 3.63) is 41.5 Å². The lowest BCUT2D eigenvalue weighted by atomic mass is 10.1. The molecule has 0 spiro atoms. The zero-order valence-corrected chi connectivity index (χ0v) is 13.7. The first-order valence-electron chi connectivity index (χ1n) is 7.56. The van der Waals surface area contributed by atoms with Crippen molar-refractivity contribution in [1.29, 1.82) is 5.26 Å². The van der Waals surface area contributed by atoms with Gasteiger partial charge < -0.3 is 14.0 Å². The lowest BCUT2D eigenvalue weighted by Crippen LogP contribution is -2.21. The molecule has 23 heavy (non-hydrogen) atoms. The van der Waals surface area contributed by atoms with Crippen LogP contribution >= 0.6 is 0 Å². The Morgan fingerprint density at radius 2 is 2.13 bits per heavy atom. The van der Waals surface area contributed by atoms with Gasteiger partial charge in [0.2, 0.25) is 11.7 Å². The van der Waals surface area contributed by atoms with Crippen LogP contribution in [0.25, 0.3) is 0 Å². The van der Waals surface area contributed by atoms with Crippen molar-refractivity contribution in [2.45, 2.75) is 38.7 Å². The highest BCUT2D eigenvalue weighted by molar-refractivity contribution is 5.36. The summed E-state index contributed by atoms with van der Waals surface area (Å²) in [5.74, 6) is 1.88. The molecule has 0 bridgehead atoms. The van der Waals surface area contributed by atoms with Crippen molar-refractivity contribution in [1.82, 2.24) is 10.1 Å². The van der Waals surface area contributed by atoms with Crippen molar-refractivity contribution in [3.8, 4) is 11.8 Å². The summed E-state index contributed by atoms with van der Waals surface area (Å²) in [6.45, 7) is 4.37. The van der Waals surface area contributed by atoms with E-state index < -0.39 is 5.60 Å². The molecule has 0 fully saturated rings. The van der Waals surface area contributed by atoms with E-state index in [0.717, 1.165) is 12.8 Å². The fraction of sp³-hybridized carbons (Fsp3) is 0.471. The molecule has 0 atom stereocenters. The Kier molecular flexibility index (Phi) is 5.72. The fourth-order valence-electron chi connectivity index (χ4n) is 1.92. The summed E-state index contributed by atoms with van der Waals surface area (Å²) < 4.78 is 16.2. The second-order valence-electron chi connectivity index (χ2n) is 5.67. The normalized spacial score (nSPS) is 11.2. The van der Waals surface area contributed by atoms with Gasteiger partial charge in [-0.25, -0.2) is 0 Å². The molecule has 122 valence electrons. The van der Waals surface area contributed by atoms with Crippen LogP contribution in [0.15, 0.2) is 28.8 Å². The standard InChI is InChI=1S/C17H21N3O3/c1-17(2,21-3)16-19-15(23-20-16)9-4-5-10-22-14-8-6-7-13(11-14)12-18/h6-8,11H,4-5,9-10H2,1-3H3. The number of hydrogen-bond donors (Lipinski definition) is 0. The molecular weight excluding hydrogens is 294 g/mol. The minimum atomic E-state index is -0.545. The van der Waals surface area contributed by atoms with Crippen LogP contribution < -0.4 is 4.74 Å². The Bertz CT molecular complexity index is 674. The second kappa shape index (κ2) is 7.75. The van der Waals surface area contributed by atoms with Crippen molar-refractivity contribution in [3.63, 3.8) is 0 Å². The van der Waals surface area contributed by atoms with E-state index in [1.165, 1.54) is 0 Å². The number of methoxy groups -OCH3 is 1. The number of unbranched alkanes of at least 4 members (excludes halogenated alkanes) is 1. The molecule has 0 N–H and O–H groups in total. The van der Waals surface area contributed by atoms with Gasteiger partial charge in [0.25, 0.3) is 0 Å². The lowest BCUT2D eigenvalue weighted by molar-refractivity contribution is 0.00973. The zero-order valence-electron chi connectivity index (χ0n) is 13.7. The van der Waals surface area contributed by atoms with Crippen LogP contribution in [-0.2, 0) is 16.8 Å². The summed E-state index contributed by atoms with van der Waals surface area (Å²) >= 11 is 0. The third kappa shape index (κ3) is 4.80. The molecule has 6 nitrogen and oxygen atoms in total. The van der Waals surface area contributed by atoms with Gasteiger partial charge in [-0.3, -0.25) is 0 Å². The van der Waals surface area contributed by atoms with E-state index in [-0.39, 0.29) is 0 Å². The topological polar surface area (TPSA) is 81.2 Å². The summed E-state index contributed by atoms with van der Waals surface area (Å²) in [5, 5.41) is 12.8. The molecule has 2 aromatic rings. The molecule has 0 radical (unpaired) electrons. The van der Waals surface area contributed by atoms with Crippen LogP contribution in [0.3, 0.4) is 0 Å². The molecule has 0 aliphatic rings. The molecule has 0 saturated carbocycles. The molecule has 0 unspecified atom stereocenters. The number of ether oxygens (including phenoxy) is 2. The molecular formula is C17H21N3O3. The Hall–Kier alpha value is -2.39. The first kappa shape index (κ1) is 17.0. The monoisotopic (exact) mass is 315 g/mol. The van der Waals surface area contributed by atoms with Crippen molar-refractivity contribution in [2.75, 3.05) is 13.7 Å². The first-order valence-corrected chi connectivity index (χ1v) is 7.56. The van der Waals surface area contributed by atoms with Gasteiger partial charge in [-0.05, 0) is 44.9 Å². The van der Waals surface area contributed by atoms with E-state index in [4.69, 9.17) is 19.3 Å². The Morgan fingerprint density at radius 3 is 2.87 bits per heavy atom. The zero-order chi connectivity index (χ0) is 16.7. The Labute approximate surface area is 136 Å². The molecule has 0 aliphatic heterocycles. The van der Waals surface area contributed by atoms with Crippen LogP contribution in [0.2, 0.25) is 0 Å². The summed E-state index contributed by atoms with van der Waals surface area (Å²) in [4.78, 5) is 4.35. The lowest BCUT2D eigenvalue weighted by Gasteiger charge is -2.17.